The molecule has 1 heterocycles. The Labute approximate surface area is 98.3 Å². The number of carbonyl (C=O) groups is 1. The van der Waals surface area contributed by atoms with E-state index in [1.165, 1.54) is 0 Å². The fourth-order valence-electron chi connectivity index (χ4n) is 1.77. The maximum Gasteiger partial charge on any atom is 0.322 e. The average molecular weight is 238 g/mol. The van der Waals surface area contributed by atoms with Crippen LogP contribution in [0.15, 0.2) is 18.2 Å². The van der Waals surface area contributed by atoms with Gasteiger partial charge in [0.25, 0.3) is 0 Å². The Balaban J connectivity index is 2.24. The molecule has 2 unspecified atom stereocenters. The highest BCUT2D eigenvalue weighted by atomic mass is 16.7. The van der Waals surface area contributed by atoms with Crippen molar-refractivity contribution in [2.45, 2.75) is 12.1 Å². The molecule has 4 N–H and O–H groups in total. The number of ether oxygens (including phenoxy) is 2. The number of nitrogens with one attached hydrogen (secondary N) is 1. The molecular weight excluding hydrogens is 224 g/mol. The molecule has 1 aliphatic rings. The molecule has 2 rings (SSSR count). The van der Waals surface area contributed by atoms with Gasteiger partial charge in [-0.25, -0.2) is 0 Å². The van der Waals surface area contributed by atoms with Crippen molar-refractivity contribution >= 4 is 5.97 Å². The van der Waals surface area contributed by atoms with Crippen LogP contribution < -0.4 is 20.5 Å². The van der Waals surface area contributed by atoms with Crippen LogP contribution in [0.5, 0.6) is 11.5 Å². The van der Waals surface area contributed by atoms with Crippen LogP contribution in [-0.4, -0.2) is 31.0 Å². The molecule has 2 atom stereocenters. The topological polar surface area (TPSA) is 93.8 Å². The van der Waals surface area contributed by atoms with Gasteiger partial charge in [0, 0.05) is 0 Å². The predicted octanol–water partition coefficient (Wildman–Crippen LogP) is 0.0877. The standard InChI is InChI=1S/C11H14N2O4/c1-13-10(11(14)15)9(12)6-2-3-7-8(4-6)17-5-16-7/h2-4,9-10,13H,5,12H2,1H3,(H,14,15). The second kappa shape index (κ2) is 4.60. The molecule has 0 saturated heterocycles. The lowest BCUT2D eigenvalue weighted by molar-refractivity contribution is -0.139. The van der Waals surface area contributed by atoms with E-state index in [1.54, 1.807) is 25.2 Å². The van der Waals surface area contributed by atoms with Gasteiger partial charge < -0.3 is 25.6 Å². The first-order chi connectivity index (χ1) is 8.13. The molecule has 6 nitrogen and oxygen atoms in total. The summed E-state index contributed by atoms with van der Waals surface area (Å²) in [5.74, 6) is 0.258. The minimum Gasteiger partial charge on any atom is -0.480 e. The van der Waals surface area contributed by atoms with E-state index in [2.05, 4.69) is 5.32 Å². The molecule has 1 aliphatic heterocycles. The number of benzene rings is 1. The van der Waals surface area contributed by atoms with Gasteiger partial charge in [0.15, 0.2) is 11.5 Å². The molecule has 92 valence electrons. The molecular formula is C11H14N2O4. The third-order valence-electron chi connectivity index (χ3n) is 2.72. The molecule has 0 spiro atoms. The Bertz CT molecular complexity index is 435. The van der Waals surface area contributed by atoms with Gasteiger partial charge in [0.2, 0.25) is 6.79 Å². The van der Waals surface area contributed by atoms with Crippen LogP contribution in [0.1, 0.15) is 11.6 Å². The Morgan fingerprint density at radius 1 is 1.47 bits per heavy atom. The second-order valence-electron chi connectivity index (χ2n) is 3.74. The Morgan fingerprint density at radius 2 is 2.18 bits per heavy atom. The predicted molar refractivity (Wildman–Crippen MR) is 60.0 cm³/mol. The van der Waals surface area contributed by atoms with Crippen LogP contribution in [-0.2, 0) is 4.79 Å². The molecule has 0 saturated carbocycles. The highest BCUT2D eigenvalue weighted by Gasteiger charge is 2.26. The van der Waals surface area contributed by atoms with Gasteiger partial charge in [-0.2, -0.15) is 0 Å². The van der Waals surface area contributed by atoms with Crippen molar-refractivity contribution in [3.63, 3.8) is 0 Å². The first-order valence-electron chi connectivity index (χ1n) is 5.18. The van der Waals surface area contributed by atoms with Crippen LogP contribution in [0.25, 0.3) is 0 Å². The lowest BCUT2D eigenvalue weighted by Crippen LogP contribution is -2.43. The highest BCUT2D eigenvalue weighted by molar-refractivity contribution is 5.75. The molecule has 6 heteroatoms. The summed E-state index contributed by atoms with van der Waals surface area (Å²) in [6.07, 6.45) is 0. The number of carboxylic acid groups (broad SMARTS) is 1. The summed E-state index contributed by atoms with van der Waals surface area (Å²) in [6, 6.07) is 3.69. The van der Waals surface area contributed by atoms with E-state index in [-0.39, 0.29) is 6.79 Å². The van der Waals surface area contributed by atoms with Gasteiger partial charge in [-0.3, -0.25) is 4.79 Å². The number of hydrogen-bond donors (Lipinski definition) is 3. The summed E-state index contributed by atoms with van der Waals surface area (Å²) in [5, 5.41) is 11.7. The zero-order chi connectivity index (χ0) is 12.4. The SMILES string of the molecule is CNC(C(=O)O)C(N)c1ccc2c(c1)OCO2. The maximum absolute atomic E-state index is 11.0. The summed E-state index contributed by atoms with van der Waals surface area (Å²) in [6.45, 7) is 0.183. The Kier molecular flexibility index (Phi) is 3.16. The molecule has 0 aliphatic carbocycles. The van der Waals surface area contributed by atoms with Gasteiger partial charge in [-0.1, -0.05) is 6.07 Å². The fraction of sp³-hybridized carbons (Fsp3) is 0.364. The van der Waals surface area contributed by atoms with Crippen molar-refractivity contribution in [2.24, 2.45) is 5.73 Å². The van der Waals surface area contributed by atoms with Crippen molar-refractivity contribution in [1.82, 2.24) is 5.32 Å². The van der Waals surface area contributed by atoms with E-state index in [0.29, 0.717) is 17.1 Å². The molecule has 1 aromatic rings. The van der Waals surface area contributed by atoms with Crippen molar-refractivity contribution < 1.29 is 19.4 Å². The Hall–Kier alpha value is -1.79. The summed E-state index contributed by atoms with van der Waals surface area (Å²) >= 11 is 0. The number of carboxylic acids is 1. The molecule has 0 aromatic heterocycles. The zero-order valence-corrected chi connectivity index (χ0v) is 9.34. The van der Waals surface area contributed by atoms with E-state index in [9.17, 15) is 4.79 Å². The van der Waals surface area contributed by atoms with Gasteiger partial charge in [-0.15, -0.1) is 0 Å². The van der Waals surface area contributed by atoms with Crippen molar-refractivity contribution in [2.75, 3.05) is 13.8 Å². The largest absolute Gasteiger partial charge is 0.480 e. The monoisotopic (exact) mass is 238 g/mol. The minimum absolute atomic E-state index is 0.183. The van der Waals surface area contributed by atoms with E-state index in [0.717, 1.165) is 0 Å². The van der Waals surface area contributed by atoms with Crippen LogP contribution in [0.2, 0.25) is 0 Å². The van der Waals surface area contributed by atoms with Crippen LogP contribution in [0.4, 0.5) is 0 Å². The number of hydrogen-bond acceptors (Lipinski definition) is 5. The van der Waals surface area contributed by atoms with Crippen LogP contribution >= 0.6 is 0 Å². The Morgan fingerprint density at radius 3 is 2.82 bits per heavy atom. The average Bonchev–Trinajstić information content (AvgIpc) is 2.75. The van der Waals surface area contributed by atoms with Gasteiger partial charge in [-0.05, 0) is 24.7 Å². The number of aliphatic carboxylic acids is 1. The number of likely N-dealkylation sites (N-methyl/N-ethyl adjacent to an activating group) is 1. The maximum atomic E-state index is 11.0. The second-order valence-corrected chi connectivity index (χ2v) is 3.74. The van der Waals surface area contributed by atoms with E-state index in [4.69, 9.17) is 20.3 Å². The number of nitrogens with two attached hydrogens (primary N) is 1. The van der Waals surface area contributed by atoms with E-state index >= 15 is 0 Å². The normalized spacial score (nSPS) is 16.6. The van der Waals surface area contributed by atoms with Crippen molar-refractivity contribution in [3.8, 4) is 11.5 Å². The third-order valence-corrected chi connectivity index (χ3v) is 2.72. The van der Waals surface area contributed by atoms with Crippen LogP contribution in [0.3, 0.4) is 0 Å². The zero-order valence-electron chi connectivity index (χ0n) is 9.34. The van der Waals surface area contributed by atoms with Gasteiger partial charge >= 0.3 is 5.97 Å². The van der Waals surface area contributed by atoms with Crippen molar-refractivity contribution in [1.29, 1.82) is 0 Å². The lowest BCUT2D eigenvalue weighted by Gasteiger charge is -2.19. The molecule has 17 heavy (non-hydrogen) atoms. The molecule has 0 radical (unpaired) electrons. The van der Waals surface area contributed by atoms with Crippen molar-refractivity contribution in [3.05, 3.63) is 23.8 Å². The molecule has 0 amide bonds. The van der Waals surface area contributed by atoms with Crippen LogP contribution in [0, 0.1) is 0 Å². The summed E-state index contributed by atoms with van der Waals surface area (Å²) in [7, 11) is 1.56. The van der Waals surface area contributed by atoms with E-state index in [1.807, 2.05) is 0 Å². The third kappa shape index (κ3) is 2.17. The lowest BCUT2D eigenvalue weighted by atomic mass is 10.00. The number of fused-ring (bicyclic) bond motifs is 1. The minimum atomic E-state index is -0.988. The number of rotatable bonds is 4. The highest BCUT2D eigenvalue weighted by Crippen LogP contribution is 2.34. The summed E-state index contributed by atoms with van der Waals surface area (Å²) in [5.41, 5.74) is 6.60. The fourth-order valence-corrected chi connectivity index (χ4v) is 1.77. The summed E-state index contributed by atoms with van der Waals surface area (Å²) < 4.78 is 10.4. The van der Waals surface area contributed by atoms with Gasteiger partial charge in [0.1, 0.15) is 6.04 Å². The molecule has 0 bridgehead atoms. The van der Waals surface area contributed by atoms with Gasteiger partial charge in [0.05, 0.1) is 6.04 Å². The first-order valence-corrected chi connectivity index (χ1v) is 5.18. The summed E-state index contributed by atoms with van der Waals surface area (Å²) in [4.78, 5) is 11.0. The quantitative estimate of drug-likeness (QED) is 0.688. The smallest absolute Gasteiger partial charge is 0.322 e. The molecule has 0 fully saturated rings. The molecule has 1 aromatic carbocycles. The first kappa shape index (κ1) is 11.7. The van der Waals surface area contributed by atoms with E-state index < -0.39 is 18.1 Å².